The van der Waals surface area contributed by atoms with Gasteiger partial charge in [0.1, 0.15) is 11.5 Å². The Hall–Kier alpha value is -2.38. The van der Waals surface area contributed by atoms with Crippen LogP contribution in [0.2, 0.25) is 5.02 Å². The van der Waals surface area contributed by atoms with Crippen molar-refractivity contribution in [1.82, 2.24) is 0 Å². The Labute approximate surface area is 160 Å². The van der Waals surface area contributed by atoms with E-state index in [4.69, 9.17) is 21.1 Å². The van der Waals surface area contributed by atoms with Gasteiger partial charge in [-0.25, -0.2) is 0 Å². The van der Waals surface area contributed by atoms with Crippen molar-refractivity contribution >= 4 is 46.6 Å². The van der Waals surface area contributed by atoms with E-state index in [9.17, 15) is 9.59 Å². The van der Waals surface area contributed by atoms with Crippen LogP contribution in [0.4, 0.5) is 11.4 Å². The highest BCUT2D eigenvalue weighted by Gasteiger charge is 2.29. The molecule has 3 rings (SSSR count). The second-order valence-corrected chi connectivity index (χ2v) is 7.18. The molecule has 2 aromatic carbocycles. The number of carbonyl (C=O) groups excluding carboxylic acids is 2. The van der Waals surface area contributed by atoms with E-state index < -0.39 is 5.25 Å². The van der Waals surface area contributed by atoms with Gasteiger partial charge in [0.2, 0.25) is 11.8 Å². The molecule has 2 amide bonds. The number of amides is 2. The average Bonchev–Trinajstić information content (AvgIpc) is 2.62. The topological polar surface area (TPSA) is 76.7 Å². The molecule has 0 saturated carbocycles. The highest BCUT2D eigenvalue weighted by atomic mass is 35.5. The molecule has 2 aromatic rings. The first-order chi connectivity index (χ1) is 12.5. The highest BCUT2D eigenvalue weighted by molar-refractivity contribution is 8.01. The van der Waals surface area contributed by atoms with Crippen molar-refractivity contribution < 1.29 is 19.1 Å². The molecule has 0 bridgehead atoms. The van der Waals surface area contributed by atoms with Crippen LogP contribution in [0.5, 0.6) is 11.5 Å². The van der Waals surface area contributed by atoms with E-state index in [2.05, 4.69) is 10.6 Å². The molecule has 0 fully saturated rings. The van der Waals surface area contributed by atoms with E-state index in [1.54, 1.807) is 12.1 Å². The summed E-state index contributed by atoms with van der Waals surface area (Å²) < 4.78 is 10.4. The Morgan fingerprint density at radius 2 is 1.96 bits per heavy atom. The molecule has 136 valence electrons. The maximum Gasteiger partial charge on any atom is 0.238 e. The average molecular weight is 393 g/mol. The normalized spacial score (nSPS) is 15.7. The molecule has 8 heteroatoms. The van der Waals surface area contributed by atoms with Crippen molar-refractivity contribution in [3.63, 3.8) is 0 Å². The fourth-order valence-corrected chi connectivity index (χ4v) is 3.91. The van der Waals surface area contributed by atoms with Crippen LogP contribution < -0.4 is 20.1 Å². The van der Waals surface area contributed by atoms with E-state index in [0.717, 1.165) is 10.6 Å². The zero-order chi connectivity index (χ0) is 18.7. The predicted octanol–water partition coefficient (Wildman–Crippen LogP) is 3.80. The summed E-state index contributed by atoms with van der Waals surface area (Å²) in [5.74, 6) is 0.367. The molecule has 0 radical (unpaired) electrons. The number of thioether (sulfide) groups is 1. The number of carbonyl (C=O) groups is 2. The minimum absolute atomic E-state index is 0.0254. The number of benzene rings is 2. The number of rotatable bonds is 5. The third-order valence-corrected chi connectivity index (χ3v) is 5.40. The first kappa shape index (κ1) is 18.4. The molecule has 1 atom stereocenters. The zero-order valence-electron chi connectivity index (χ0n) is 14.2. The van der Waals surface area contributed by atoms with Crippen LogP contribution in [0.3, 0.4) is 0 Å². The second-order valence-electron chi connectivity index (χ2n) is 5.53. The van der Waals surface area contributed by atoms with Gasteiger partial charge in [0.25, 0.3) is 0 Å². The first-order valence-electron chi connectivity index (χ1n) is 7.79. The molecule has 0 aromatic heterocycles. The number of methoxy groups -OCH3 is 2. The predicted molar refractivity (Wildman–Crippen MR) is 103 cm³/mol. The molecule has 0 aliphatic carbocycles. The number of para-hydroxylation sites is 1. The number of hydrogen-bond donors (Lipinski definition) is 2. The number of hydrogen-bond acceptors (Lipinski definition) is 5. The van der Waals surface area contributed by atoms with Crippen LogP contribution in [-0.4, -0.2) is 31.3 Å². The lowest BCUT2D eigenvalue weighted by Crippen LogP contribution is -2.32. The van der Waals surface area contributed by atoms with E-state index in [-0.39, 0.29) is 18.2 Å². The van der Waals surface area contributed by atoms with Crippen LogP contribution in [0.1, 0.15) is 6.42 Å². The summed E-state index contributed by atoms with van der Waals surface area (Å²) in [4.78, 5) is 25.6. The Kier molecular flexibility index (Phi) is 5.58. The quantitative estimate of drug-likeness (QED) is 0.809. The summed E-state index contributed by atoms with van der Waals surface area (Å²) in [6.45, 7) is 0. The summed E-state index contributed by atoms with van der Waals surface area (Å²) in [7, 11) is 2.98. The van der Waals surface area contributed by atoms with Crippen molar-refractivity contribution in [3.05, 3.63) is 41.4 Å². The van der Waals surface area contributed by atoms with Gasteiger partial charge in [0, 0.05) is 17.4 Å². The SMILES string of the molecule is COc1cc(OC)c(NC(=O)C[C@H]2Sc3ccccc3NC2=O)cc1Cl. The third kappa shape index (κ3) is 3.89. The molecule has 0 saturated heterocycles. The molecule has 1 aliphatic heterocycles. The maximum absolute atomic E-state index is 12.4. The number of fused-ring (bicyclic) bond motifs is 1. The Morgan fingerprint density at radius 3 is 2.69 bits per heavy atom. The van der Waals surface area contributed by atoms with Gasteiger partial charge < -0.3 is 20.1 Å². The van der Waals surface area contributed by atoms with Crippen LogP contribution in [0, 0.1) is 0 Å². The highest BCUT2D eigenvalue weighted by Crippen LogP contribution is 2.38. The van der Waals surface area contributed by atoms with Crippen molar-refractivity contribution in [3.8, 4) is 11.5 Å². The summed E-state index contributed by atoms with van der Waals surface area (Å²) in [5.41, 5.74) is 1.19. The lowest BCUT2D eigenvalue weighted by atomic mass is 10.2. The summed E-state index contributed by atoms with van der Waals surface area (Å²) in [5, 5.41) is 5.41. The molecule has 6 nitrogen and oxygen atoms in total. The van der Waals surface area contributed by atoms with Gasteiger partial charge in [-0.1, -0.05) is 23.7 Å². The van der Waals surface area contributed by atoms with Gasteiger partial charge in [-0.05, 0) is 18.2 Å². The summed E-state index contributed by atoms with van der Waals surface area (Å²) in [6, 6.07) is 10.6. The number of ether oxygens (including phenoxy) is 2. The van der Waals surface area contributed by atoms with Crippen LogP contribution in [0.15, 0.2) is 41.3 Å². The Bertz CT molecular complexity index is 859. The van der Waals surface area contributed by atoms with E-state index >= 15 is 0 Å². The fraction of sp³-hybridized carbons (Fsp3) is 0.222. The molecule has 2 N–H and O–H groups in total. The molecule has 26 heavy (non-hydrogen) atoms. The maximum atomic E-state index is 12.4. The molecular weight excluding hydrogens is 376 g/mol. The molecule has 0 unspecified atom stereocenters. The Morgan fingerprint density at radius 1 is 1.23 bits per heavy atom. The van der Waals surface area contributed by atoms with Crippen molar-refractivity contribution in [1.29, 1.82) is 0 Å². The molecule has 0 spiro atoms. The van der Waals surface area contributed by atoms with Gasteiger partial charge in [-0.15, -0.1) is 11.8 Å². The van der Waals surface area contributed by atoms with Crippen LogP contribution in [-0.2, 0) is 9.59 Å². The second kappa shape index (κ2) is 7.88. The standard InChI is InChI=1S/C18H17ClN2O4S/c1-24-13-8-14(25-2)12(7-10(13)19)20-17(22)9-16-18(23)21-11-5-3-4-6-15(11)26-16/h3-8,16H,9H2,1-2H3,(H,20,22)(H,21,23)/t16-/m1/s1. The minimum Gasteiger partial charge on any atom is -0.495 e. The fourth-order valence-electron chi connectivity index (χ4n) is 2.55. The van der Waals surface area contributed by atoms with Gasteiger partial charge in [-0.2, -0.15) is 0 Å². The molecule has 1 aliphatic rings. The number of nitrogens with one attached hydrogen (secondary N) is 2. The number of halogens is 1. The smallest absolute Gasteiger partial charge is 0.238 e. The first-order valence-corrected chi connectivity index (χ1v) is 9.05. The van der Waals surface area contributed by atoms with E-state index in [1.807, 2.05) is 24.3 Å². The van der Waals surface area contributed by atoms with E-state index in [1.165, 1.54) is 26.0 Å². The van der Waals surface area contributed by atoms with Crippen LogP contribution in [0.25, 0.3) is 0 Å². The van der Waals surface area contributed by atoms with Gasteiger partial charge in [0.05, 0.1) is 35.9 Å². The van der Waals surface area contributed by atoms with Crippen molar-refractivity contribution in [2.45, 2.75) is 16.6 Å². The van der Waals surface area contributed by atoms with Gasteiger partial charge in [0.15, 0.2) is 0 Å². The Balaban J connectivity index is 1.72. The largest absolute Gasteiger partial charge is 0.495 e. The minimum atomic E-state index is -0.510. The number of anilines is 2. The monoisotopic (exact) mass is 392 g/mol. The van der Waals surface area contributed by atoms with Gasteiger partial charge in [-0.3, -0.25) is 9.59 Å². The third-order valence-electron chi connectivity index (χ3n) is 3.83. The van der Waals surface area contributed by atoms with E-state index in [0.29, 0.717) is 22.2 Å². The van der Waals surface area contributed by atoms with Crippen molar-refractivity contribution in [2.24, 2.45) is 0 Å². The summed E-state index contributed by atoms with van der Waals surface area (Å²) >= 11 is 7.49. The summed E-state index contributed by atoms with van der Waals surface area (Å²) in [6.07, 6.45) is 0.0254. The van der Waals surface area contributed by atoms with Gasteiger partial charge >= 0.3 is 0 Å². The lowest BCUT2D eigenvalue weighted by molar-refractivity contribution is -0.120. The molecular formula is C18H17ClN2O4S. The van der Waals surface area contributed by atoms with Crippen LogP contribution >= 0.6 is 23.4 Å². The molecule has 1 heterocycles. The zero-order valence-corrected chi connectivity index (χ0v) is 15.7. The van der Waals surface area contributed by atoms with Crippen molar-refractivity contribution in [2.75, 3.05) is 24.9 Å². The lowest BCUT2D eigenvalue weighted by Gasteiger charge is -2.23.